The molecule has 2 fully saturated rings. The van der Waals surface area contributed by atoms with Gasteiger partial charge in [0.1, 0.15) is 17.3 Å². The first-order valence-electron chi connectivity index (χ1n) is 9.86. The van der Waals surface area contributed by atoms with E-state index in [1.54, 1.807) is 13.0 Å². The molecule has 0 saturated carbocycles. The summed E-state index contributed by atoms with van der Waals surface area (Å²) < 4.78 is 11.5. The number of carbonyl (C=O) groups is 1. The van der Waals surface area contributed by atoms with Gasteiger partial charge in [-0.1, -0.05) is 19.1 Å². The molecule has 0 radical (unpaired) electrons. The quantitative estimate of drug-likeness (QED) is 0.876. The van der Waals surface area contributed by atoms with Crippen molar-refractivity contribution in [3.8, 4) is 0 Å². The number of ether oxygens (including phenoxy) is 2. The van der Waals surface area contributed by atoms with E-state index in [1.165, 1.54) is 5.56 Å². The van der Waals surface area contributed by atoms with Gasteiger partial charge in [-0.2, -0.15) is 0 Å². The van der Waals surface area contributed by atoms with E-state index >= 15 is 0 Å². The lowest BCUT2D eigenvalue weighted by atomic mass is 10.0. The lowest BCUT2D eigenvalue weighted by Crippen LogP contribution is -2.47. The molecular formula is C21H26N4O3. The lowest BCUT2D eigenvalue weighted by molar-refractivity contribution is -0.181. The Bertz CT molecular complexity index is 837. The third kappa shape index (κ3) is 4.00. The molecule has 0 unspecified atom stereocenters. The standard InChI is InChI=1S/C21H26N4O3/c1-3-16-4-6-17(7-5-16)24-19-14-18(22-15(2)23-19)20(26)25-10-8-21(9-11-25)27-12-13-28-21/h4-7,14H,3,8-13H2,1-2H3,(H,22,23,24). The van der Waals surface area contributed by atoms with Crippen LogP contribution < -0.4 is 5.32 Å². The summed E-state index contributed by atoms with van der Waals surface area (Å²) in [6.45, 7) is 6.39. The number of hydrogen-bond acceptors (Lipinski definition) is 6. The van der Waals surface area contributed by atoms with Gasteiger partial charge in [0.25, 0.3) is 5.91 Å². The van der Waals surface area contributed by atoms with Crippen molar-refractivity contribution in [3.05, 3.63) is 47.4 Å². The topological polar surface area (TPSA) is 76.6 Å². The number of aromatic nitrogens is 2. The van der Waals surface area contributed by atoms with E-state index in [2.05, 4.69) is 34.3 Å². The molecule has 1 aromatic carbocycles. The zero-order valence-electron chi connectivity index (χ0n) is 16.4. The second kappa shape index (κ2) is 7.85. The van der Waals surface area contributed by atoms with Crippen molar-refractivity contribution in [2.75, 3.05) is 31.6 Å². The molecule has 0 aliphatic carbocycles. The Hall–Kier alpha value is -2.51. The summed E-state index contributed by atoms with van der Waals surface area (Å²) in [4.78, 5) is 23.6. The number of aryl methyl sites for hydroxylation is 2. The maximum atomic E-state index is 13.0. The summed E-state index contributed by atoms with van der Waals surface area (Å²) in [7, 11) is 0. The number of amides is 1. The van der Waals surface area contributed by atoms with Crippen LogP contribution in [-0.2, 0) is 15.9 Å². The van der Waals surface area contributed by atoms with Gasteiger partial charge in [0.05, 0.1) is 13.2 Å². The lowest BCUT2D eigenvalue weighted by Gasteiger charge is -2.37. The smallest absolute Gasteiger partial charge is 0.272 e. The second-order valence-electron chi connectivity index (χ2n) is 7.26. The molecule has 4 rings (SSSR count). The van der Waals surface area contributed by atoms with Crippen LogP contribution >= 0.6 is 0 Å². The molecule has 0 bridgehead atoms. The monoisotopic (exact) mass is 382 g/mol. The molecule has 3 heterocycles. The molecule has 7 heteroatoms. The number of rotatable bonds is 4. The summed E-state index contributed by atoms with van der Waals surface area (Å²) in [5, 5.41) is 3.27. The summed E-state index contributed by atoms with van der Waals surface area (Å²) in [6, 6.07) is 9.92. The second-order valence-corrected chi connectivity index (χ2v) is 7.26. The number of likely N-dealkylation sites (tertiary alicyclic amines) is 1. The van der Waals surface area contributed by atoms with Crippen LogP contribution in [0.4, 0.5) is 11.5 Å². The van der Waals surface area contributed by atoms with E-state index in [4.69, 9.17) is 9.47 Å². The van der Waals surface area contributed by atoms with Crippen molar-refractivity contribution in [2.24, 2.45) is 0 Å². The number of nitrogens with one attached hydrogen (secondary N) is 1. The van der Waals surface area contributed by atoms with Gasteiger partial charge in [-0.3, -0.25) is 4.79 Å². The van der Waals surface area contributed by atoms with Crippen LogP contribution in [0, 0.1) is 6.92 Å². The van der Waals surface area contributed by atoms with Gasteiger partial charge in [0.2, 0.25) is 0 Å². The fraction of sp³-hybridized carbons (Fsp3) is 0.476. The van der Waals surface area contributed by atoms with E-state index in [0.717, 1.165) is 12.1 Å². The van der Waals surface area contributed by atoms with Gasteiger partial charge in [-0.05, 0) is 31.0 Å². The largest absolute Gasteiger partial charge is 0.347 e. The molecule has 2 aliphatic rings. The predicted molar refractivity (Wildman–Crippen MR) is 106 cm³/mol. The van der Waals surface area contributed by atoms with Crippen LogP contribution in [0.25, 0.3) is 0 Å². The third-order valence-electron chi connectivity index (χ3n) is 5.32. The van der Waals surface area contributed by atoms with Crippen molar-refractivity contribution >= 4 is 17.4 Å². The van der Waals surface area contributed by atoms with E-state index in [-0.39, 0.29) is 5.91 Å². The third-order valence-corrected chi connectivity index (χ3v) is 5.32. The molecule has 1 aromatic heterocycles. The van der Waals surface area contributed by atoms with Crippen molar-refractivity contribution < 1.29 is 14.3 Å². The fourth-order valence-corrected chi connectivity index (χ4v) is 3.71. The van der Waals surface area contributed by atoms with Crippen LogP contribution in [0.15, 0.2) is 30.3 Å². The van der Waals surface area contributed by atoms with Gasteiger partial charge < -0.3 is 19.7 Å². The summed E-state index contributed by atoms with van der Waals surface area (Å²) in [5.74, 6) is 0.615. The van der Waals surface area contributed by atoms with Crippen LogP contribution in [-0.4, -0.2) is 52.9 Å². The Morgan fingerprint density at radius 1 is 1.14 bits per heavy atom. The van der Waals surface area contributed by atoms with Gasteiger partial charge in [0.15, 0.2) is 5.79 Å². The molecule has 0 atom stereocenters. The minimum Gasteiger partial charge on any atom is -0.347 e. The Labute approximate surface area is 165 Å². The molecule has 1 N–H and O–H groups in total. The minimum absolute atomic E-state index is 0.0808. The average Bonchev–Trinajstić information content (AvgIpc) is 3.16. The number of piperidine rings is 1. The number of hydrogen-bond donors (Lipinski definition) is 1. The van der Waals surface area contributed by atoms with Gasteiger partial charge in [-0.15, -0.1) is 0 Å². The van der Waals surface area contributed by atoms with Gasteiger partial charge in [0, 0.05) is 37.7 Å². The predicted octanol–water partition coefficient (Wildman–Crippen LogP) is 3.07. The highest BCUT2D eigenvalue weighted by Crippen LogP contribution is 2.31. The van der Waals surface area contributed by atoms with E-state index < -0.39 is 5.79 Å². The highest BCUT2D eigenvalue weighted by atomic mass is 16.7. The Morgan fingerprint density at radius 2 is 1.82 bits per heavy atom. The van der Waals surface area contributed by atoms with Gasteiger partial charge >= 0.3 is 0 Å². The number of benzene rings is 1. The van der Waals surface area contributed by atoms with Crippen molar-refractivity contribution in [1.29, 1.82) is 0 Å². The zero-order chi connectivity index (χ0) is 19.6. The van der Waals surface area contributed by atoms with E-state index in [1.807, 2.05) is 17.0 Å². The van der Waals surface area contributed by atoms with Crippen LogP contribution in [0.5, 0.6) is 0 Å². The van der Waals surface area contributed by atoms with Gasteiger partial charge in [-0.25, -0.2) is 9.97 Å². The molecule has 2 aliphatic heterocycles. The molecule has 1 spiro atoms. The molecule has 2 aromatic rings. The molecule has 7 nitrogen and oxygen atoms in total. The number of carbonyl (C=O) groups excluding carboxylic acids is 1. The Kier molecular flexibility index (Phi) is 5.28. The minimum atomic E-state index is -0.490. The van der Waals surface area contributed by atoms with Crippen molar-refractivity contribution in [3.63, 3.8) is 0 Å². The molecule has 2 saturated heterocycles. The van der Waals surface area contributed by atoms with Crippen molar-refractivity contribution in [2.45, 2.75) is 38.9 Å². The van der Waals surface area contributed by atoms with Crippen molar-refractivity contribution in [1.82, 2.24) is 14.9 Å². The summed E-state index contributed by atoms with van der Waals surface area (Å²) in [5.41, 5.74) is 2.62. The highest BCUT2D eigenvalue weighted by Gasteiger charge is 2.41. The van der Waals surface area contributed by atoms with E-state index in [9.17, 15) is 4.79 Å². The summed E-state index contributed by atoms with van der Waals surface area (Å²) >= 11 is 0. The van der Waals surface area contributed by atoms with E-state index in [0.29, 0.717) is 56.5 Å². The summed E-state index contributed by atoms with van der Waals surface area (Å²) in [6.07, 6.45) is 2.38. The highest BCUT2D eigenvalue weighted by molar-refractivity contribution is 5.93. The maximum Gasteiger partial charge on any atom is 0.272 e. The molecule has 1 amide bonds. The Morgan fingerprint density at radius 3 is 2.46 bits per heavy atom. The maximum absolute atomic E-state index is 13.0. The first-order chi connectivity index (χ1) is 13.6. The number of anilines is 2. The van der Waals surface area contributed by atoms with Crippen LogP contribution in [0.2, 0.25) is 0 Å². The molecule has 28 heavy (non-hydrogen) atoms. The molecular weight excluding hydrogens is 356 g/mol. The average molecular weight is 382 g/mol. The first kappa shape index (κ1) is 18.8. The zero-order valence-corrected chi connectivity index (χ0v) is 16.4. The number of nitrogens with zero attached hydrogens (tertiary/aromatic N) is 3. The normalized spacial score (nSPS) is 18.4. The van der Waals surface area contributed by atoms with Crippen LogP contribution in [0.1, 0.15) is 41.6 Å². The SMILES string of the molecule is CCc1ccc(Nc2cc(C(=O)N3CCC4(CC3)OCCO4)nc(C)n2)cc1. The first-order valence-corrected chi connectivity index (χ1v) is 9.86. The fourth-order valence-electron chi connectivity index (χ4n) is 3.71. The molecule has 148 valence electrons. The Balaban J connectivity index is 1.46. The van der Waals surface area contributed by atoms with Crippen LogP contribution in [0.3, 0.4) is 0 Å².